The number of rotatable bonds is 0. The average molecular weight is 239 g/mol. The Morgan fingerprint density at radius 1 is 1.05 bits per heavy atom. The molecule has 0 fully saturated rings. The fourth-order valence-corrected chi connectivity index (χ4v) is 2.83. The highest BCUT2D eigenvalue weighted by Gasteiger charge is 2.23. The summed E-state index contributed by atoms with van der Waals surface area (Å²) in [6.45, 7) is 0. The zero-order chi connectivity index (χ0) is 13.6. The van der Waals surface area contributed by atoms with Crippen molar-refractivity contribution >= 4 is 34.7 Å². The number of allylic oxidation sites excluding steroid dienone is 5. The minimum Gasteiger partial charge on any atom is -0.344 e. The molecule has 0 atom stereocenters. The quantitative estimate of drug-likeness (QED) is 0.615. The molecule has 6 radical (unpaired) electrons. The van der Waals surface area contributed by atoms with Crippen LogP contribution in [0.1, 0.15) is 12.0 Å². The van der Waals surface area contributed by atoms with Crippen molar-refractivity contribution in [2.24, 2.45) is 0 Å². The lowest BCUT2D eigenvalue weighted by molar-refractivity contribution is 0.946. The molecule has 3 rings (SSSR count). The summed E-state index contributed by atoms with van der Waals surface area (Å²) in [6.07, 6.45) is 5.39. The van der Waals surface area contributed by atoms with Gasteiger partial charge >= 0.3 is 0 Å². The van der Waals surface area contributed by atoms with Gasteiger partial charge in [0.05, 0.1) is 0 Å². The van der Waals surface area contributed by atoms with Gasteiger partial charge in [0.25, 0.3) is 0 Å². The predicted molar refractivity (Wildman–Crippen MR) is 83.3 cm³/mol. The number of nitrogens with zero attached hydrogens (tertiary/aromatic N) is 1. The van der Waals surface area contributed by atoms with Crippen LogP contribution in [0.25, 0.3) is 0 Å². The molecule has 1 aromatic carbocycles. The summed E-state index contributed by atoms with van der Waals surface area (Å²) >= 11 is 0. The lowest BCUT2D eigenvalue weighted by Gasteiger charge is -2.32. The Balaban J connectivity index is 2.14. The Hall–Kier alpha value is -1.57. The molecule has 1 aliphatic heterocycles. The second kappa shape index (κ2) is 4.52. The third-order valence-electron chi connectivity index (χ3n) is 3.74. The van der Waals surface area contributed by atoms with Gasteiger partial charge in [-0.25, -0.2) is 0 Å². The van der Waals surface area contributed by atoms with E-state index < -0.39 is 0 Å². The van der Waals surface area contributed by atoms with E-state index in [1.807, 2.05) is 31.3 Å². The van der Waals surface area contributed by atoms with Gasteiger partial charge in [-0.1, -0.05) is 29.1 Å². The summed E-state index contributed by atoms with van der Waals surface area (Å²) in [6, 6.07) is 6.01. The second-order valence-corrected chi connectivity index (χ2v) is 5.11. The summed E-state index contributed by atoms with van der Waals surface area (Å²) < 4.78 is 0. The Morgan fingerprint density at radius 2 is 1.84 bits per heavy atom. The Kier molecular flexibility index (Phi) is 2.97. The van der Waals surface area contributed by atoms with Gasteiger partial charge in [0.1, 0.15) is 23.5 Å². The van der Waals surface area contributed by atoms with Crippen LogP contribution in [-0.4, -0.2) is 30.6 Å². The van der Waals surface area contributed by atoms with Crippen LogP contribution < -0.4 is 10.4 Å². The van der Waals surface area contributed by atoms with Crippen molar-refractivity contribution in [1.29, 1.82) is 0 Å². The zero-order valence-electron chi connectivity index (χ0n) is 11.0. The van der Waals surface area contributed by atoms with Crippen molar-refractivity contribution in [3.63, 3.8) is 0 Å². The van der Waals surface area contributed by atoms with Gasteiger partial charge in [0.2, 0.25) is 0 Å². The number of fused-ring (bicyclic) bond motifs is 1. The van der Waals surface area contributed by atoms with E-state index in [1.54, 1.807) is 0 Å². The lowest BCUT2D eigenvalue weighted by Crippen LogP contribution is -2.27. The van der Waals surface area contributed by atoms with Crippen molar-refractivity contribution in [2.75, 3.05) is 11.9 Å². The van der Waals surface area contributed by atoms with Gasteiger partial charge in [-0.3, -0.25) is 0 Å². The van der Waals surface area contributed by atoms with Crippen LogP contribution in [0.5, 0.6) is 0 Å². The monoisotopic (exact) mass is 239 g/mol. The normalized spacial score (nSPS) is 18.3. The fourth-order valence-electron chi connectivity index (χ4n) is 2.83. The molecule has 4 heteroatoms. The summed E-state index contributed by atoms with van der Waals surface area (Å²) in [7, 11) is 20.1. The topological polar surface area (TPSA) is 3.24 Å². The molecule has 0 N–H and O–H groups in total. The van der Waals surface area contributed by atoms with E-state index in [4.69, 9.17) is 23.5 Å². The Labute approximate surface area is 118 Å². The molecule has 0 saturated carbocycles. The molecule has 1 heterocycles. The van der Waals surface area contributed by atoms with E-state index >= 15 is 0 Å². The molecule has 0 aromatic heterocycles. The first-order valence-electron chi connectivity index (χ1n) is 6.32. The molecule has 1 aromatic rings. The van der Waals surface area contributed by atoms with Gasteiger partial charge in [-0.2, -0.15) is 0 Å². The van der Waals surface area contributed by atoms with Crippen molar-refractivity contribution in [2.45, 2.75) is 12.8 Å². The van der Waals surface area contributed by atoms with E-state index in [-0.39, 0.29) is 0 Å². The highest BCUT2D eigenvalue weighted by atomic mass is 15.1. The first kappa shape index (κ1) is 12.5. The molecule has 86 valence electrons. The SMILES string of the molecule is [B]C1=CC2=C(CC([B])=C1)Cc1c([B])cccc1N2C. The summed E-state index contributed by atoms with van der Waals surface area (Å²) in [5.41, 5.74) is 7.04. The van der Waals surface area contributed by atoms with Gasteiger partial charge < -0.3 is 4.90 Å². The van der Waals surface area contributed by atoms with E-state index in [0.29, 0.717) is 5.47 Å². The number of benzene rings is 1. The van der Waals surface area contributed by atoms with Crippen LogP contribution in [0.3, 0.4) is 0 Å². The Morgan fingerprint density at radius 3 is 2.63 bits per heavy atom. The van der Waals surface area contributed by atoms with Crippen LogP contribution in [0.4, 0.5) is 5.69 Å². The summed E-state index contributed by atoms with van der Waals surface area (Å²) in [5.74, 6) is 0. The highest BCUT2D eigenvalue weighted by Crippen LogP contribution is 2.35. The van der Waals surface area contributed by atoms with E-state index in [2.05, 4.69) is 11.0 Å². The average Bonchev–Trinajstić information content (AvgIpc) is 2.49. The summed E-state index contributed by atoms with van der Waals surface area (Å²) in [5, 5.41) is 0. The second-order valence-electron chi connectivity index (χ2n) is 5.11. The van der Waals surface area contributed by atoms with Crippen molar-refractivity contribution in [3.8, 4) is 0 Å². The van der Waals surface area contributed by atoms with E-state index in [1.165, 1.54) is 11.1 Å². The standard InChI is InChI=1S/C15H12B3N/c1-19-14-4-2-3-13(18)12(14)6-9-5-10(16)7-11(17)8-15(9)19/h2-4,7-8H,5-6H2,1H3. The molecule has 2 aliphatic rings. The van der Waals surface area contributed by atoms with Crippen LogP contribution in [-0.2, 0) is 6.42 Å². The lowest BCUT2D eigenvalue weighted by atomic mass is 9.80. The van der Waals surface area contributed by atoms with Crippen LogP contribution in [0.2, 0.25) is 0 Å². The van der Waals surface area contributed by atoms with Gasteiger partial charge in [0.15, 0.2) is 0 Å². The number of hydrogen-bond acceptors (Lipinski definition) is 1. The maximum absolute atomic E-state index is 6.09. The highest BCUT2D eigenvalue weighted by molar-refractivity contribution is 6.34. The molecule has 0 amide bonds. The van der Waals surface area contributed by atoms with Crippen LogP contribution in [0.15, 0.2) is 52.6 Å². The van der Waals surface area contributed by atoms with Crippen molar-refractivity contribution < 1.29 is 0 Å². The van der Waals surface area contributed by atoms with Crippen molar-refractivity contribution in [3.05, 3.63) is 58.1 Å². The number of likely N-dealkylation sites (N-methyl/N-ethyl adjacent to an activating group) is 1. The third kappa shape index (κ3) is 2.09. The van der Waals surface area contributed by atoms with Gasteiger partial charge in [-0.05, 0) is 36.1 Å². The van der Waals surface area contributed by atoms with Crippen molar-refractivity contribution in [1.82, 2.24) is 0 Å². The minimum absolute atomic E-state index is 0.696. The maximum Gasteiger partial charge on any atom is 0.114 e. The molecule has 0 spiro atoms. The fraction of sp³-hybridized carbons (Fsp3) is 0.200. The van der Waals surface area contributed by atoms with Crippen LogP contribution >= 0.6 is 0 Å². The molecule has 0 bridgehead atoms. The zero-order valence-corrected chi connectivity index (χ0v) is 11.0. The molecule has 19 heavy (non-hydrogen) atoms. The van der Waals surface area contributed by atoms with Crippen LogP contribution in [0, 0.1) is 0 Å². The molecular weight excluding hydrogens is 227 g/mol. The molecule has 0 unspecified atom stereocenters. The number of hydrogen-bond donors (Lipinski definition) is 0. The number of anilines is 1. The maximum atomic E-state index is 6.09. The predicted octanol–water partition coefficient (Wildman–Crippen LogP) is 1.24. The third-order valence-corrected chi connectivity index (χ3v) is 3.74. The molecular formula is C15H12B3N. The Bertz CT molecular complexity index is 641. The van der Waals surface area contributed by atoms with Gasteiger partial charge in [-0.15, -0.1) is 5.47 Å². The first-order valence-corrected chi connectivity index (χ1v) is 6.32. The van der Waals surface area contributed by atoms with E-state index in [9.17, 15) is 0 Å². The van der Waals surface area contributed by atoms with E-state index in [0.717, 1.165) is 35.2 Å². The molecule has 1 aliphatic carbocycles. The summed E-state index contributed by atoms with van der Waals surface area (Å²) in [4.78, 5) is 2.14. The first-order chi connectivity index (χ1) is 9.06. The molecule has 1 nitrogen and oxygen atoms in total. The van der Waals surface area contributed by atoms with Gasteiger partial charge in [0, 0.05) is 18.4 Å². The molecule has 0 saturated heterocycles. The smallest absolute Gasteiger partial charge is 0.114 e. The largest absolute Gasteiger partial charge is 0.344 e. The minimum atomic E-state index is 0.696.